The van der Waals surface area contributed by atoms with Gasteiger partial charge in [0.2, 0.25) is 0 Å². The van der Waals surface area contributed by atoms with Gasteiger partial charge in [0, 0.05) is 6.04 Å². The summed E-state index contributed by atoms with van der Waals surface area (Å²) in [4.78, 5) is 0. The van der Waals surface area contributed by atoms with Crippen LogP contribution in [0.4, 0.5) is 0 Å². The molecule has 1 nitrogen and oxygen atoms in total. The van der Waals surface area contributed by atoms with Crippen LogP contribution in [0.1, 0.15) is 51.2 Å². The molecular formula is C16H27N. The summed E-state index contributed by atoms with van der Waals surface area (Å²) in [5, 5.41) is 3.54. The molecule has 1 aromatic carbocycles. The van der Waals surface area contributed by atoms with E-state index in [4.69, 9.17) is 0 Å². The van der Waals surface area contributed by atoms with Crippen molar-refractivity contribution in [1.29, 1.82) is 0 Å². The van der Waals surface area contributed by atoms with Crippen LogP contribution in [-0.4, -0.2) is 12.6 Å². The molecule has 0 saturated carbocycles. The third-order valence-electron chi connectivity index (χ3n) is 3.30. The number of aryl methyl sites for hydroxylation is 2. The molecule has 1 unspecified atom stereocenters. The van der Waals surface area contributed by atoms with Crippen LogP contribution in [0.15, 0.2) is 24.3 Å². The van der Waals surface area contributed by atoms with Crippen molar-refractivity contribution in [2.45, 2.75) is 58.9 Å². The zero-order chi connectivity index (χ0) is 12.5. The first-order chi connectivity index (χ1) is 8.30. The first-order valence-corrected chi connectivity index (χ1v) is 7.11. The Balaban J connectivity index is 2.47. The molecule has 1 rings (SSSR count). The average molecular weight is 233 g/mol. The van der Waals surface area contributed by atoms with Crippen LogP contribution >= 0.6 is 0 Å². The summed E-state index contributed by atoms with van der Waals surface area (Å²) >= 11 is 0. The zero-order valence-corrected chi connectivity index (χ0v) is 11.6. The molecule has 1 heteroatoms. The number of hydrogen-bond donors (Lipinski definition) is 1. The van der Waals surface area contributed by atoms with Crippen LogP contribution in [0, 0.1) is 0 Å². The standard InChI is InChI=1S/C16H27N/c1-4-8-14-9-7-10-15(13-14)11-12-16(5-2)17-6-3/h7,9-10,13,16-17H,4-6,8,11-12H2,1-3H3. The molecule has 0 heterocycles. The Morgan fingerprint density at radius 3 is 2.35 bits per heavy atom. The Labute approximate surface area is 107 Å². The maximum atomic E-state index is 3.54. The van der Waals surface area contributed by atoms with Crippen molar-refractivity contribution in [3.05, 3.63) is 35.4 Å². The molecule has 1 aromatic rings. The normalized spacial score (nSPS) is 12.6. The summed E-state index contributed by atoms with van der Waals surface area (Å²) in [5.74, 6) is 0. The van der Waals surface area contributed by atoms with Crippen LogP contribution in [0.5, 0.6) is 0 Å². The minimum atomic E-state index is 0.676. The highest BCUT2D eigenvalue weighted by Gasteiger charge is 2.04. The van der Waals surface area contributed by atoms with Crippen LogP contribution in [-0.2, 0) is 12.8 Å². The molecule has 0 amide bonds. The highest BCUT2D eigenvalue weighted by Crippen LogP contribution is 2.11. The molecule has 0 spiro atoms. The molecule has 0 aliphatic rings. The quantitative estimate of drug-likeness (QED) is 0.716. The molecule has 0 aliphatic carbocycles. The van der Waals surface area contributed by atoms with Gasteiger partial charge in [-0.3, -0.25) is 0 Å². The molecule has 1 N–H and O–H groups in total. The molecule has 17 heavy (non-hydrogen) atoms. The summed E-state index contributed by atoms with van der Waals surface area (Å²) in [7, 11) is 0. The van der Waals surface area contributed by atoms with E-state index in [0.717, 1.165) is 6.54 Å². The second-order valence-electron chi connectivity index (χ2n) is 4.77. The Hall–Kier alpha value is -0.820. The van der Waals surface area contributed by atoms with E-state index in [9.17, 15) is 0 Å². The van der Waals surface area contributed by atoms with Gasteiger partial charge in [-0.25, -0.2) is 0 Å². The van der Waals surface area contributed by atoms with Crippen molar-refractivity contribution >= 4 is 0 Å². The number of benzene rings is 1. The van der Waals surface area contributed by atoms with Crippen molar-refractivity contribution in [2.75, 3.05) is 6.54 Å². The van der Waals surface area contributed by atoms with Gasteiger partial charge in [-0.05, 0) is 43.4 Å². The van der Waals surface area contributed by atoms with E-state index in [1.54, 1.807) is 0 Å². The molecule has 0 saturated heterocycles. The van der Waals surface area contributed by atoms with Gasteiger partial charge in [0.05, 0.1) is 0 Å². The fourth-order valence-electron chi connectivity index (χ4n) is 2.31. The topological polar surface area (TPSA) is 12.0 Å². The lowest BCUT2D eigenvalue weighted by Crippen LogP contribution is -2.28. The predicted molar refractivity (Wildman–Crippen MR) is 76.5 cm³/mol. The van der Waals surface area contributed by atoms with Crippen molar-refractivity contribution in [3.8, 4) is 0 Å². The van der Waals surface area contributed by atoms with E-state index in [1.807, 2.05) is 0 Å². The first kappa shape index (κ1) is 14.2. The Bertz CT molecular complexity index is 306. The number of hydrogen-bond acceptors (Lipinski definition) is 1. The summed E-state index contributed by atoms with van der Waals surface area (Å²) < 4.78 is 0. The summed E-state index contributed by atoms with van der Waals surface area (Å²) in [6.07, 6.45) is 6.11. The third-order valence-corrected chi connectivity index (χ3v) is 3.30. The second kappa shape index (κ2) is 8.30. The Morgan fingerprint density at radius 1 is 1.06 bits per heavy atom. The monoisotopic (exact) mass is 233 g/mol. The van der Waals surface area contributed by atoms with Crippen LogP contribution in [0.25, 0.3) is 0 Å². The fraction of sp³-hybridized carbons (Fsp3) is 0.625. The largest absolute Gasteiger partial charge is 0.314 e. The summed E-state index contributed by atoms with van der Waals surface area (Å²) in [5.41, 5.74) is 2.98. The molecule has 0 radical (unpaired) electrons. The van der Waals surface area contributed by atoms with E-state index in [0.29, 0.717) is 6.04 Å². The fourth-order valence-corrected chi connectivity index (χ4v) is 2.31. The third kappa shape index (κ3) is 5.36. The lowest BCUT2D eigenvalue weighted by Gasteiger charge is -2.15. The smallest absolute Gasteiger partial charge is 0.00674 e. The van der Waals surface area contributed by atoms with Gasteiger partial charge in [0.25, 0.3) is 0 Å². The maximum absolute atomic E-state index is 3.54. The van der Waals surface area contributed by atoms with Gasteiger partial charge < -0.3 is 5.32 Å². The zero-order valence-electron chi connectivity index (χ0n) is 11.6. The minimum Gasteiger partial charge on any atom is -0.314 e. The molecule has 96 valence electrons. The second-order valence-corrected chi connectivity index (χ2v) is 4.77. The Morgan fingerprint density at radius 2 is 1.76 bits per heavy atom. The van der Waals surface area contributed by atoms with Crippen molar-refractivity contribution < 1.29 is 0 Å². The summed E-state index contributed by atoms with van der Waals surface area (Å²) in [6, 6.07) is 9.76. The van der Waals surface area contributed by atoms with Gasteiger partial charge >= 0.3 is 0 Å². The molecule has 1 atom stereocenters. The van der Waals surface area contributed by atoms with E-state index in [1.165, 1.54) is 43.2 Å². The number of nitrogens with one attached hydrogen (secondary N) is 1. The van der Waals surface area contributed by atoms with Gasteiger partial charge in [-0.1, -0.05) is 51.5 Å². The van der Waals surface area contributed by atoms with Crippen molar-refractivity contribution in [2.24, 2.45) is 0 Å². The predicted octanol–water partition coefficient (Wildman–Crippen LogP) is 3.96. The first-order valence-electron chi connectivity index (χ1n) is 7.11. The molecule has 0 aliphatic heterocycles. The lowest BCUT2D eigenvalue weighted by atomic mass is 10.0. The van der Waals surface area contributed by atoms with Crippen LogP contribution in [0.2, 0.25) is 0 Å². The number of rotatable bonds is 8. The van der Waals surface area contributed by atoms with E-state index < -0.39 is 0 Å². The van der Waals surface area contributed by atoms with Crippen LogP contribution < -0.4 is 5.32 Å². The van der Waals surface area contributed by atoms with Gasteiger partial charge in [-0.15, -0.1) is 0 Å². The van der Waals surface area contributed by atoms with E-state index in [-0.39, 0.29) is 0 Å². The SMILES string of the molecule is CCCc1cccc(CCC(CC)NCC)c1. The van der Waals surface area contributed by atoms with Crippen molar-refractivity contribution in [1.82, 2.24) is 5.32 Å². The van der Waals surface area contributed by atoms with Gasteiger partial charge in [-0.2, -0.15) is 0 Å². The van der Waals surface area contributed by atoms with Crippen LogP contribution in [0.3, 0.4) is 0 Å². The molecule has 0 fully saturated rings. The average Bonchev–Trinajstić information content (AvgIpc) is 2.35. The molecular weight excluding hydrogens is 206 g/mol. The molecule has 0 aromatic heterocycles. The minimum absolute atomic E-state index is 0.676. The van der Waals surface area contributed by atoms with E-state index in [2.05, 4.69) is 50.4 Å². The Kier molecular flexibility index (Phi) is 6.95. The summed E-state index contributed by atoms with van der Waals surface area (Å²) in [6.45, 7) is 7.77. The molecule has 0 bridgehead atoms. The van der Waals surface area contributed by atoms with Gasteiger partial charge in [0.15, 0.2) is 0 Å². The van der Waals surface area contributed by atoms with Gasteiger partial charge in [0.1, 0.15) is 0 Å². The van der Waals surface area contributed by atoms with E-state index >= 15 is 0 Å². The highest BCUT2D eigenvalue weighted by molar-refractivity contribution is 5.23. The van der Waals surface area contributed by atoms with Crippen molar-refractivity contribution in [3.63, 3.8) is 0 Å². The maximum Gasteiger partial charge on any atom is 0.00674 e. The highest BCUT2D eigenvalue weighted by atomic mass is 14.9. The lowest BCUT2D eigenvalue weighted by molar-refractivity contribution is 0.481.